The molecule has 0 fully saturated rings. The number of hydrogen-bond acceptors (Lipinski definition) is 4. The van der Waals surface area contributed by atoms with E-state index < -0.39 is 0 Å². The molecule has 1 rings (SSSR count). The summed E-state index contributed by atoms with van der Waals surface area (Å²) in [5.74, 6) is -0.564. The molecule has 0 saturated carbocycles. The van der Waals surface area contributed by atoms with E-state index in [0.717, 1.165) is 64.2 Å². The van der Waals surface area contributed by atoms with Gasteiger partial charge in [-0.05, 0) is 76.3 Å². The van der Waals surface area contributed by atoms with Crippen molar-refractivity contribution in [2.24, 2.45) is 10.8 Å². The average molecular weight is 1260 g/mol. The fourth-order valence-electron chi connectivity index (χ4n) is 15.5. The van der Waals surface area contributed by atoms with Crippen molar-refractivity contribution in [1.82, 2.24) is 0 Å². The predicted octanol–water partition coefficient (Wildman–Crippen LogP) is 30.6. The Balaban J connectivity index is 4.05. The summed E-state index contributed by atoms with van der Waals surface area (Å²) in [6.45, 7) is 18.6. The van der Waals surface area contributed by atoms with Crippen LogP contribution in [0.1, 0.15) is 500 Å². The second kappa shape index (κ2) is 64.5. The van der Waals surface area contributed by atoms with E-state index in [1.807, 2.05) is 24.3 Å². The van der Waals surface area contributed by atoms with Crippen molar-refractivity contribution in [3.8, 4) is 0 Å². The summed E-state index contributed by atoms with van der Waals surface area (Å²) in [6.07, 6.45) is 83.2. The van der Waals surface area contributed by atoms with Crippen LogP contribution in [-0.4, -0.2) is 24.1 Å². The summed E-state index contributed by atoms with van der Waals surface area (Å²) in [7, 11) is 0. The van der Waals surface area contributed by atoms with Crippen LogP contribution < -0.4 is 0 Å². The molecule has 0 spiro atoms. The fourth-order valence-corrected chi connectivity index (χ4v) is 15.5. The van der Waals surface area contributed by atoms with E-state index in [-0.39, 0.29) is 35.0 Å². The molecule has 0 saturated heterocycles. The number of carbonyl (C=O) groups excluding carboxylic acids is 2. The van der Waals surface area contributed by atoms with Crippen LogP contribution in [0, 0.1) is 10.8 Å². The Morgan fingerprint density at radius 2 is 0.400 bits per heavy atom. The first-order valence-corrected chi connectivity index (χ1v) is 41.8. The van der Waals surface area contributed by atoms with E-state index in [4.69, 9.17) is 9.47 Å². The molecule has 2 atom stereocenters. The zero-order chi connectivity index (χ0) is 65.4. The highest BCUT2D eigenvalue weighted by molar-refractivity contribution is 6.03. The quantitative estimate of drug-likeness (QED) is 0.0482. The monoisotopic (exact) mass is 1260 g/mol. The lowest BCUT2D eigenvalue weighted by Gasteiger charge is -2.42. The van der Waals surface area contributed by atoms with Gasteiger partial charge in [-0.15, -0.1) is 0 Å². The molecule has 0 aliphatic rings. The smallest absolute Gasteiger partial charge is 0.339 e. The first-order valence-electron chi connectivity index (χ1n) is 41.8. The van der Waals surface area contributed by atoms with Crippen molar-refractivity contribution in [2.45, 2.75) is 491 Å². The number of carbonyl (C=O) groups is 2. The standard InChI is InChI=1S/C86H162O4/c1-9-17-25-33-41-43-51-59-71-81(85(73-63-53-45-35-27-19-11-3,74-64-54-46-36-28-20-12-4)75-65-55-47-37-29-21-13-5)89-83(87)79-69-61-62-70-80(79)84(88)90-82(72-60-52-44-42-34-26-18-10-2)86(76-66-56-48-38-30-22-14-6,77-67-57-49-39-31-23-15-7)78-68-58-50-40-32-24-16-8/h61-62,69-70,81-82H,9-60,63-68,71-78H2,1-8H3. The summed E-state index contributed by atoms with van der Waals surface area (Å²) in [5, 5.41) is 0. The largest absolute Gasteiger partial charge is 0.458 e. The molecular formula is C86H162O4. The Bertz CT molecular complexity index is 1440. The van der Waals surface area contributed by atoms with Gasteiger partial charge in [-0.3, -0.25) is 0 Å². The molecule has 1 aromatic carbocycles. The molecule has 2 unspecified atom stereocenters. The van der Waals surface area contributed by atoms with Gasteiger partial charge < -0.3 is 9.47 Å². The van der Waals surface area contributed by atoms with Gasteiger partial charge in [0.25, 0.3) is 0 Å². The van der Waals surface area contributed by atoms with Crippen LogP contribution >= 0.6 is 0 Å². The summed E-state index contributed by atoms with van der Waals surface area (Å²) in [5.41, 5.74) is 0.738. The van der Waals surface area contributed by atoms with Crippen molar-refractivity contribution >= 4 is 11.9 Å². The summed E-state index contributed by atoms with van der Waals surface area (Å²) < 4.78 is 14.7. The van der Waals surface area contributed by atoms with Crippen LogP contribution in [0.5, 0.6) is 0 Å². The van der Waals surface area contributed by atoms with Crippen LogP contribution in [0.2, 0.25) is 0 Å². The van der Waals surface area contributed by atoms with Gasteiger partial charge in [0.1, 0.15) is 12.2 Å². The highest BCUT2D eigenvalue weighted by Crippen LogP contribution is 2.47. The van der Waals surface area contributed by atoms with Gasteiger partial charge in [0, 0.05) is 10.8 Å². The first-order chi connectivity index (χ1) is 44.3. The van der Waals surface area contributed by atoms with Gasteiger partial charge in [-0.25, -0.2) is 9.59 Å². The Morgan fingerprint density at radius 3 is 0.578 bits per heavy atom. The molecular weight excluding hydrogens is 1100 g/mol. The van der Waals surface area contributed by atoms with Crippen molar-refractivity contribution in [1.29, 1.82) is 0 Å². The van der Waals surface area contributed by atoms with E-state index >= 15 is 9.59 Å². The van der Waals surface area contributed by atoms with Crippen LogP contribution in [0.4, 0.5) is 0 Å². The molecule has 90 heavy (non-hydrogen) atoms. The number of unbranched alkanes of at least 4 members (excludes halogenated alkanes) is 50. The number of esters is 2. The van der Waals surface area contributed by atoms with E-state index in [1.165, 1.54) is 360 Å². The number of hydrogen-bond donors (Lipinski definition) is 0. The second-order valence-electron chi connectivity index (χ2n) is 29.8. The SMILES string of the molecule is CCCCCCCCCCC(OC(=O)c1ccccc1C(=O)OC(CCCCCCCCCC)C(CCCCCCCCC)(CCCCCCCCC)CCCCCCCCC)C(CCCCCCCCC)(CCCCCCCCC)CCCCCCCCC. The highest BCUT2D eigenvalue weighted by atomic mass is 16.6. The number of rotatable bonds is 72. The van der Waals surface area contributed by atoms with E-state index in [1.54, 1.807) is 0 Å². The maximum absolute atomic E-state index is 15.7. The molecule has 0 bridgehead atoms. The Hall–Kier alpha value is -1.84. The molecule has 0 amide bonds. The molecule has 0 heterocycles. The lowest BCUT2D eigenvalue weighted by atomic mass is 9.68. The van der Waals surface area contributed by atoms with Crippen LogP contribution in [-0.2, 0) is 9.47 Å². The van der Waals surface area contributed by atoms with Crippen LogP contribution in [0.25, 0.3) is 0 Å². The maximum atomic E-state index is 15.7. The lowest BCUT2D eigenvalue weighted by molar-refractivity contribution is -0.0417. The van der Waals surface area contributed by atoms with Crippen LogP contribution in [0.3, 0.4) is 0 Å². The number of benzene rings is 1. The van der Waals surface area contributed by atoms with Crippen molar-refractivity contribution in [3.05, 3.63) is 35.4 Å². The van der Waals surface area contributed by atoms with Crippen molar-refractivity contribution in [2.75, 3.05) is 0 Å². The van der Waals surface area contributed by atoms with E-state index in [2.05, 4.69) is 55.4 Å². The first kappa shape index (κ1) is 86.2. The topological polar surface area (TPSA) is 52.6 Å². The van der Waals surface area contributed by atoms with E-state index in [9.17, 15) is 0 Å². The molecule has 0 aliphatic heterocycles. The third kappa shape index (κ3) is 45.5. The predicted molar refractivity (Wildman–Crippen MR) is 400 cm³/mol. The fraction of sp³-hybridized carbons (Fsp3) is 0.907. The van der Waals surface area contributed by atoms with Gasteiger partial charge in [0.2, 0.25) is 0 Å². The Kier molecular flexibility index (Phi) is 61.8. The third-order valence-electron chi connectivity index (χ3n) is 21.5. The molecule has 0 aromatic heterocycles. The molecule has 4 heteroatoms. The Morgan fingerprint density at radius 1 is 0.244 bits per heavy atom. The number of ether oxygens (including phenoxy) is 2. The molecule has 0 N–H and O–H groups in total. The molecule has 1 aromatic rings. The van der Waals surface area contributed by atoms with Gasteiger partial charge in [0.05, 0.1) is 11.1 Å². The normalized spacial score (nSPS) is 12.7. The van der Waals surface area contributed by atoms with Gasteiger partial charge in [-0.2, -0.15) is 0 Å². The molecule has 4 nitrogen and oxygen atoms in total. The van der Waals surface area contributed by atoms with Crippen LogP contribution in [0.15, 0.2) is 24.3 Å². The highest BCUT2D eigenvalue weighted by Gasteiger charge is 2.42. The average Bonchev–Trinajstić information content (AvgIpc) is 1.03. The Labute approximate surface area is 565 Å². The summed E-state index contributed by atoms with van der Waals surface area (Å²) >= 11 is 0. The second-order valence-corrected chi connectivity index (χ2v) is 29.8. The van der Waals surface area contributed by atoms with Gasteiger partial charge >= 0.3 is 11.9 Å². The van der Waals surface area contributed by atoms with Crippen molar-refractivity contribution in [3.63, 3.8) is 0 Å². The summed E-state index contributed by atoms with van der Waals surface area (Å²) in [4.78, 5) is 31.4. The molecule has 0 aliphatic carbocycles. The minimum atomic E-state index is -0.282. The third-order valence-corrected chi connectivity index (χ3v) is 21.5. The summed E-state index contributed by atoms with van der Waals surface area (Å²) in [6, 6.07) is 7.81. The van der Waals surface area contributed by atoms with Gasteiger partial charge in [-0.1, -0.05) is 427 Å². The van der Waals surface area contributed by atoms with Gasteiger partial charge in [0.15, 0.2) is 0 Å². The molecule has 0 radical (unpaired) electrons. The zero-order valence-electron chi connectivity index (χ0n) is 62.8. The zero-order valence-corrected chi connectivity index (χ0v) is 62.8. The lowest BCUT2D eigenvalue weighted by Crippen LogP contribution is -2.40. The van der Waals surface area contributed by atoms with E-state index in [0.29, 0.717) is 11.1 Å². The minimum absolute atomic E-state index is 0.0643. The van der Waals surface area contributed by atoms with Crippen molar-refractivity contribution < 1.29 is 19.1 Å². The minimum Gasteiger partial charge on any atom is -0.458 e. The maximum Gasteiger partial charge on any atom is 0.339 e. The molecule has 530 valence electrons.